The number of amidine groups is 1. The Bertz CT molecular complexity index is 740. The monoisotopic (exact) mass is 416 g/mol. The maximum absolute atomic E-state index is 11.5. The predicted molar refractivity (Wildman–Crippen MR) is 99.3 cm³/mol. The molecule has 29 heavy (non-hydrogen) atoms. The summed E-state index contributed by atoms with van der Waals surface area (Å²) in [5, 5.41) is 34.6. The van der Waals surface area contributed by atoms with Crippen molar-refractivity contribution in [3.8, 4) is 0 Å². The molecule has 0 aliphatic carbocycles. The number of carbonyl (C=O) groups is 3. The van der Waals surface area contributed by atoms with Gasteiger partial charge in [-0.2, -0.15) is 4.98 Å². The number of esters is 1. The van der Waals surface area contributed by atoms with Crippen LogP contribution in [0, 0.1) is 5.41 Å². The van der Waals surface area contributed by atoms with Crippen molar-refractivity contribution >= 4 is 23.5 Å². The van der Waals surface area contributed by atoms with Crippen LogP contribution in [0.3, 0.4) is 0 Å². The number of nitrogens with zero attached hydrogens (tertiary/aromatic N) is 3. The van der Waals surface area contributed by atoms with E-state index in [0.29, 0.717) is 0 Å². The second-order valence-electron chi connectivity index (χ2n) is 7.19. The largest absolute Gasteiger partial charge is 0.460 e. The van der Waals surface area contributed by atoms with Crippen molar-refractivity contribution in [3.63, 3.8) is 0 Å². The van der Waals surface area contributed by atoms with Gasteiger partial charge in [-0.25, -0.2) is 4.79 Å². The van der Waals surface area contributed by atoms with Gasteiger partial charge >= 0.3 is 5.97 Å². The molecule has 0 unspecified atom stereocenters. The van der Waals surface area contributed by atoms with E-state index in [0.717, 1.165) is 0 Å². The van der Waals surface area contributed by atoms with Gasteiger partial charge in [-0.1, -0.05) is 10.3 Å². The summed E-state index contributed by atoms with van der Waals surface area (Å²) < 4.78 is 9.37. The van der Waals surface area contributed by atoms with E-state index in [4.69, 9.17) is 19.9 Å². The Kier molecular flexibility index (Phi) is 10.1. The van der Waals surface area contributed by atoms with Crippen molar-refractivity contribution in [2.24, 2.45) is 10.6 Å². The van der Waals surface area contributed by atoms with Crippen LogP contribution >= 0.6 is 0 Å². The Morgan fingerprint density at radius 2 is 1.76 bits per heavy atom. The van der Waals surface area contributed by atoms with E-state index in [1.807, 2.05) is 0 Å². The normalized spacial score (nSPS) is 11.9. The molecule has 4 N–H and O–H groups in total. The molecular formula is C17H28N4O8. The van der Waals surface area contributed by atoms with E-state index < -0.39 is 35.1 Å². The molecule has 0 aliphatic rings. The molecule has 1 rings (SSSR count). The minimum atomic E-state index is -1.08. The molecule has 0 radical (unpaired) electrons. The molecule has 0 aliphatic heterocycles. The Balaban J connectivity index is 0.000000551. The number of carbonyl (C=O) groups excluding carboxylic acids is 3. The molecule has 12 heteroatoms. The lowest BCUT2D eigenvalue weighted by atomic mass is 9.94. The summed E-state index contributed by atoms with van der Waals surface area (Å²) in [7, 11) is 0. The highest BCUT2D eigenvalue weighted by molar-refractivity contribution is 6.38. The number of oxime groups is 1. The van der Waals surface area contributed by atoms with Gasteiger partial charge in [0.2, 0.25) is 23.4 Å². The lowest BCUT2D eigenvalue weighted by Crippen LogP contribution is -2.45. The first kappa shape index (κ1) is 26.1. The SMILES string of the molecule is CC(=O)c1noc(C(C)(C)CO)n1.CCOC(=O)/C(=N\O)NC(=O)C(C)(C)CO. The van der Waals surface area contributed by atoms with E-state index in [1.165, 1.54) is 20.8 Å². The average Bonchev–Trinajstić information content (AvgIpc) is 3.18. The number of rotatable bonds is 6. The van der Waals surface area contributed by atoms with Crippen LogP contribution in [0.5, 0.6) is 0 Å². The number of amides is 1. The smallest absolute Gasteiger partial charge is 0.377 e. The molecule has 0 saturated carbocycles. The Morgan fingerprint density at radius 1 is 1.17 bits per heavy atom. The molecule has 0 aromatic carbocycles. The van der Waals surface area contributed by atoms with Gasteiger partial charge in [0.1, 0.15) is 0 Å². The Hall–Kier alpha value is -2.86. The summed E-state index contributed by atoms with van der Waals surface area (Å²) in [6.45, 7) is 8.98. The van der Waals surface area contributed by atoms with Gasteiger partial charge in [-0.15, -0.1) is 0 Å². The fourth-order valence-corrected chi connectivity index (χ4v) is 1.37. The van der Waals surface area contributed by atoms with E-state index in [9.17, 15) is 14.4 Å². The topological polar surface area (TPSA) is 184 Å². The van der Waals surface area contributed by atoms with Crippen molar-refractivity contribution in [2.45, 2.75) is 47.0 Å². The molecule has 1 aromatic rings. The number of aliphatic hydroxyl groups is 2. The van der Waals surface area contributed by atoms with Crippen molar-refractivity contribution in [2.75, 3.05) is 19.8 Å². The minimum Gasteiger partial charge on any atom is -0.460 e. The third kappa shape index (κ3) is 7.95. The number of ether oxygens (including phenoxy) is 1. The minimum absolute atomic E-state index is 0.0523. The van der Waals surface area contributed by atoms with Crippen LogP contribution in [0.4, 0.5) is 0 Å². The maximum Gasteiger partial charge on any atom is 0.377 e. The fraction of sp³-hybridized carbons (Fsp3) is 0.647. The number of Topliss-reactive ketones (excluding diaryl/α,β-unsaturated/α-hetero) is 1. The molecule has 0 saturated heterocycles. The molecule has 0 fully saturated rings. The van der Waals surface area contributed by atoms with Gasteiger partial charge in [0.25, 0.3) is 5.84 Å². The third-order valence-electron chi connectivity index (χ3n) is 3.53. The van der Waals surface area contributed by atoms with Crippen molar-refractivity contribution in [1.82, 2.24) is 15.5 Å². The van der Waals surface area contributed by atoms with E-state index in [2.05, 4.69) is 25.4 Å². The van der Waals surface area contributed by atoms with Crippen LogP contribution in [0.2, 0.25) is 0 Å². The molecule has 1 heterocycles. The summed E-state index contributed by atoms with van der Waals surface area (Å²) >= 11 is 0. The number of aromatic nitrogens is 2. The van der Waals surface area contributed by atoms with Crippen LogP contribution in [0.25, 0.3) is 0 Å². The zero-order chi connectivity index (χ0) is 22.8. The van der Waals surface area contributed by atoms with E-state index in [1.54, 1.807) is 20.8 Å². The van der Waals surface area contributed by atoms with Crippen molar-refractivity contribution in [3.05, 3.63) is 11.7 Å². The van der Waals surface area contributed by atoms with Crippen LogP contribution in [0.15, 0.2) is 9.68 Å². The Morgan fingerprint density at radius 3 is 2.14 bits per heavy atom. The summed E-state index contributed by atoms with van der Waals surface area (Å²) in [5.74, 6) is -2.10. The zero-order valence-electron chi connectivity index (χ0n) is 17.3. The lowest BCUT2D eigenvalue weighted by Gasteiger charge is -2.20. The first-order valence-corrected chi connectivity index (χ1v) is 8.63. The van der Waals surface area contributed by atoms with Crippen LogP contribution < -0.4 is 5.32 Å². The first-order chi connectivity index (χ1) is 13.4. The maximum atomic E-state index is 11.5. The molecule has 0 bridgehead atoms. The van der Waals surface area contributed by atoms with Crippen LogP contribution in [0.1, 0.15) is 58.1 Å². The number of aliphatic hydroxyl groups excluding tert-OH is 2. The fourth-order valence-electron chi connectivity index (χ4n) is 1.37. The molecule has 1 amide bonds. The molecule has 1 aromatic heterocycles. The highest BCUT2D eigenvalue weighted by Crippen LogP contribution is 2.20. The Labute approximate surface area is 167 Å². The standard InChI is InChI=1S/C9H16N2O5.C8H12N2O3/c1-4-16-7(13)6(11-15)10-8(14)9(2,3)5-12;1-5(12)6-9-7(13-10-6)8(2,3)4-11/h12,15H,4-5H2,1-3H3,(H,10,11,14);11H,4H2,1-3H3. The summed E-state index contributed by atoms with van der Waals surface area (Å²) in [6.07, 6.45) is 0. The van der Waals surface area contributed by atoms with Crippen molar-refractivity contribution in [1.29, 1.82) is 0 Å². The highest BCUT2D eigenvalue weighted by Gasteiger charge is 2.30. The molecule has 0 spiro atoms. The van der Waals surface area contributed by atoms with Gasteiger partial charge in [-0.05, 0) is 34.6 Å². The van der Waals surface area contributed by atoms with E-state index in [-0.39, 0.29) is 30.7 Å². The third-order valence-corrected chi connectivity index (χ3v) is 3.53. The first-order valence-electron chi connectivity index (χ1n) is 8.63. The summed E-state index contributed by atoms with van der Waals surface area (Å²) in [4.78, 5) is 37.3. The number of nitrogens with one attached hydrogen (secondary N) is 1. The summed E-state index contributed by atoms with van der Waals surface area (Å²) in [5.41, 5.74) is -1.68. The number of hydrogen-bond donors (Lipinski definition) is 4. The molecular weight excluding hydrogens is 388 g/mol. The zero-order valence-corrected chi connectivity index (χ0v) is 17.3. The second-order valence-corrected chi connectivity index (χ2v) is 7.19. The van der Waals surface area contributed by atoms with Gasteiger partial charge in [0, 0.05) is 6.92 Å². The molecule has 12 nitrogen and oxygen atoms in total. The predicted octanol–water partition coefficient (Wildman–Crippen LogP) is 0.0140. The molecule has 0 atom stereocenters. The number of hydrogen-bond acceptors (Lipinski definition) is 11. The highest BCUT2D eigenvalue weighted by atomic mass is 16.5. The average molecular weight is 416 g/mol. The van der Waals surface area contributed by atoms with E-state index >= 15 is 0 Å². The van der Waals surface area contributed by atoms with Crippen molar-refractivity contribution < 1.29 is 39.1 Å². The molecule has 164 valence electrons. The summed E-state index contributed by atoms with van der Waals surface area (Å²) in [6, 6.07) is 0. The van der Waals surface area contributed by atoms with Gasteiger partial charge < -0.3 is 30.0 Å². The lowest BCUT2D eigenvalue weighted by molar-refractivity contribution is -0.137. The van der Waals surface area contributed by atoms with Gasteiger partial charge in [-0.3, -0.25) is 9.59 Å². The van der Waals surface area contributed by atoms with Gasteiger partial charge in [0.05, 0.1) is 30.7 Å². The van der Waals surface area contributed by atoms with Crippen LogP contribution in [-0.2, 0) is 19.7 Å². The van der Waals surface area contributed by atoms with Crippen LogP contribution in [-0.4, -0.2) is 68.9 Å². The quantitative estimate of drug-likeness (QED) is 0.123. The second kappa shape index (κ2) is 11.2. The van der Waals surface area contributed by atoms with Gasteiger partial charge in [0.15, 0.2) is 0 Å². The number of ketones is 1.